The molecular weight excluding hydrogens is 236 g/mol. The van der Waals surface area contributed by atoms with Gasteiger partial charge in [-0.3, -0.25) is 10.1 Å². The average Bonchev–Trinajstić information content (AvgIpc) is 2.86. The van der Waals surface area contributed by atoms with E-state index in [1.54, 1.807) is 12.1 Å². The highest BCUT2D eigenvalue weighted by Gasteiger charge is 2.21. The standard InChI is InChI=1S/C10H4N6O2/c11-4-7-2-1-3-8(10(7)16(17)18)15-6-13-9(5-12)14-15/h1-3,6H. The second-order valence-electron chi connectivity index (χ2n) is 3.17. The largest absolute Gasteiger partial charge is 0.312 e. The van der Waals surface area contributed by atoms with Crippen LogP contribution in [0.1, 0.15) is 11.4 Å². The van der Waals surface area contributed by atoms with Gasteiger partial charge in [0.15, 0.2) is 0 Å². The predicted molar refractivity (Wildman–Crippen MR) is 57.4 cm³/mol. The second-order valence-corrected chi connectivity index (χ2v) is 3.17. The Hall–Kier alpha value is -3.26. The van der Waals surface area contributed by atoms with Crippen molar-refractivity contribution in [3.8, 4) is 17.8 Å². The highest BCUT2D eigenvalue weighted by Crippen LogP contribution is 2.25. The van der Waals surface area contributed by atoms with Gasteiger partial charge >= 0.3 is 5.69 Å². The Balaban J connectivity index is 2.69. The molecule has 0 aliphatic heterocycles. The van der Waals surface area contributed by atoms with E-state index in [0.717, 1.165) is 4.68 Å². The van der Waals surface area contributed by atoms with Gasteiger partial charge in [0.05, 0.1) is 4.92 Å². The quantitative estimate of drug-likeness (QED) is 0.568. The van der Waals surface area contributed by atoms with Crippen LogP contribution in [0.25, 0.3) is 5.69 Å². The minimum atomic E-state index is -0.665. The van der Waals surface area contributed by atoms with Gasteiger partial charge in [-0.05, 0) is 12.1 Å². The van der Waals surface area contributed by atoms with Gasteiger partial charge < -0.3 is 0 Å². The van der Waals surface area contributed by atoms with E-state index >= 15 is 0 Å². The summed E-state index contributed by atoms with van der Waals surface area (Å²) in [5, 5.41) is 32.2. The van der Waals surface area contributed by atoms with Crippen LogP contribution in [-0.4, -0.2) is 19.7 Å². The fraction of sp³-hybridized carbons (Fsp3) is 0. The van der Waals surface area contributed by atoms with Crippen molar-refractivity contribution in [2.75, 3.05) is 0 Å². The molecule has 0 bridgehead atoms. The van der Waals surface area contributed by atoms with E-state index < -0.39 is 4.92 Å². The second kappa shape index (κ2) is 4.31. The fourth-order valence-electron chi connectivity index (χ4n) is 1.43. The molecule has 1 aromatic carbocycles. The van der Waals surface area contributed by atoms with Gasteiger partial charge in [-0.25, -0.2) is 9.67 Å². The lowest BCUT2D eigenvalue weighted by Crippen LogP contribution is -2.03. The zero-order chi connectivity index (χ0) is 13.1. The molecule has 0 N–H and O–H groups in total. The number of nitrogens with zero attached hydrogens (tertiary/aromatic N) is 6. The molecule has 2 aromatic rings. The smallest absolute Gasteiger partial charge is 0.258 e. The first-order chi connectivity index (χ1) is 8.67. The summed E-state index contributed by atoms with van der Waals surface area (Å²) in [4.78, 5) is 14.0. The Labute approximate surface area is 100 Å². The van der Waals surface area contributed by atoms with Crippen LogP contribution in [0.4, 0.5) is 5.69 Å². The van der Waals surface area contributed by atoms with Gasteiger partial charge in [-0.15, -0.1) is 5.10 Å². The molecule has 0 spiro atoms. The molecule has 86 valence electrons. The average molecular weight is 240 g/mol. The minimum absolute atomic E-state index is 0.0773. The summed E-state index contributed by atoms with van der Waals surface area (Å²) >= 11 is 0. The Kier molecular flexibility index (Phi) is 2.69. The van der Waals surface area contributed by atoms with Crippen molar-refractivity contribution in [1.82, 2.24) is 14.8 Å². The van der Waals surface area contributed by atoms with E-state index in [-0.39, 0.29) is 22.8 Å². The molecule has 0 atom stereocenters. The van der Waals surface area contributed by atoms with Crippen molar-refractivity contribution >= 4 is 5.69 Å². The van der Waals surface area contributed by atoms with Gasteiger partial charge in [0, 0.05) is 0 Å². The molecular formula is C10H4N6O2. The molecule has 18 heavy (non-hydrogen) atoms. The Morgan fingerprint density at radius 3 is 2.67 bits per heavy atom. The van der Waals surface area contributed by atoms with E-state index in [1.807, 2.05) is 0 Å². The highest BCUT2D eigenvalue weighted by atomic mass is 16.6. The summed E-state index contributed by atoms with van der Waals surface area (Å²) in [7, 11) is 0. The number of hydrogen-bond acceptors (Lipinski definition) is 6. The molecule has 8 nitrogen and oxygen atoms in total. The molecule has 0 amide bonds. The number of nitro benzene ring substituents is 1. The molecule has 8 heteroatoms. The van der Waals surface area contributed by atoms with Crippen molar-refractivity contribution in [1.29, 1.82) is 10.5 Å². The third-order valence-electron chi connectivity index (χ3n) is 2.16. The molecule has 1 aromatic heterocycles. The zero-order valence-corrected chi connectivity index (χ0v) is 8.81. The van der Waals surface area contributed by atoms with Crippen LogP contribution in [0.3, 0.4) is 0 Å². The molecule has 1 heterocycles. The molecule has 0 aliphatic rings. The van der Waals surface area contributed by atoms with Gasteiger partial charge in [0.2, 0.25) is 0 Å². The third-order valence-corrected chi connectivity index (χ3v) is 2.16. The van der Waals surface area contributed by atoms with E-state index in [0.29, 0.717) is 0 Å². The maximum atomic E-state index is 11.0. The third kappa shape index (κ3) is 1.74. The first-order valence-electron chi connectivity index (χ1n) is 4.67. The van der Waals surface area contributed by atoms with Crippen molar-refractivity contribution in [3.05, 3.63) is 46.0 Å². The Bertz CT molecular complexity index is 706. The summed E-state index contributed by atoms with van der Waals surface area (Å²) in [6.45, 7) is 0. The minimum Gasteiger partial charge on any atom is -0.258 e. The lowest BCUT2D eigenvalue weighted by molar-refractivity contribution is -0.384. The first-order valence-corrected chi connectivity index (χ1v) is 4.67. The van der Waals surface area contributed by atoms with Gasteiger partial charge in [0.1, 0.15) is 29.7 Å². The van der Waals surface area contributed by atoms with Crippen LogP contribution in [-0.2, 0) is 0 Å². The van der Waals surface area contributed by atoms with Crippen molar-refractivity contribution in [2.45, 2.75) is 0 Å². The molecule has 0 saturated heterocycles. The van der Waals surface area contributed by atoms with Gasteiger partial charge in [-0.1, -0.05) is 6.07 Å². The molecule has 0 saturated carbocycles. The number of aromatic nitrogens is 3. The number of hydrogen-bond donors (Lipinski definition) is 0. The first kappa shape index (κ1) is 11.2. The summed E-state index contributed by atoms with van der Waals surface area (Å²) in [5.74, 6) is -0.105. The van der Waals surface area contributed by atoms with Crippen LogP contribution < -0.4 is 0 Å². The van der Waals surface area contributed by atoms with E-state index in [2.05, 4.69) is 10.1 Å². The number of nitro groups is 1. The van der Waals surface area contributed by atoms with E-state index in [4.69, 9.17) is 10.5 Å². The zero-order valence-electron chi connectivity index (χ0n) is 8.81. The molecule has 0 fully saturated rings. The van der Waals surface area contributed by atoms with Crippen molar-refractivity contribution in [2.24, 2.45) is 0 Å². The molecule has 0 aliphatic carbocycles. The Morgan fingerprint density at radius 2 is 2.11 bits per heavy atom. The lowest BCUT2D eigenvalue weighted by Gasteiger charge is -2.02. The number of para-hydroxylation sites is 1. The maximum Gasteiger partial charge on any atom is 0.312 e. The lowest BCUT2D eigenvalue weighted by atomic mass is 10.1. The molecule has 2 rings (SSSR count). The predicted octanol–water partition coefficient (Wildman–Crippen LogP) is 0.919. The van der Waals surface area contributed by atoms with Crippen LogP contribution in [0.5, 0.6) is 0 Å². The summed E-state index contributed by atoms with van der Waals surface area (Å²) in [6.07, 6.45) is 1.18. The summed E-state index contributed by atoms with van der Waals surface area (Å²) in [6, 6.07) is 7.71. The van der Waals surface area contributed by atoms with E-state index in [1.165, 1.54) is 24.5 Å². The molecule has 0 unspecified atom stereocenters. The van der Waals surface area contributed by atoms with Crippen LogP contribution >= 0.6 is 0 Å². The fourth-order valence-corrected chi connectivity index (χ4v) is 1.43. The SMILES string of the molecule is N#Cc1ncn(-c2cccc(C#N)c2[N+](=O)[O-])n1. The normalized spacial score (nSPS) is 9.44. The van der Waals surface area contributed by atoms with Crippen LogP contribution in [0, 0.1) is 32.8 Å². The van der Waals surface area contributed by atoms with Crippen LogP contribution in [0.15, 0.2) is 24.5 Å². The monoisotopic (exact) mass is 240 g/mol. The summed E-state index contributed by atoms with van der Waals surface area (Å²) in [5.41, 5.74) is -0.353. The number of rotatable bonds is 2. The van der Waals surface area contributed by atoms with Gasteiger partial charge in [0.25, 0.3) is 5.82 Å². The van der Waals surface area contributed by atoms with E-state index in [9.17, 15) is 10.1 Å². The van der Waals surface area contributed by atoms with Crippen LogP contribution in [0.2, 0.25) is 0 Å². The van der Waals surface area contributed by atoms with Gasteiger partial charge in [-0.2, -0.15) is 10.5 Å². The van der Waals surface area contributed by atoms with Crippen molar-refractivity contribution < 1.29 is 4.92 Å². The maximum absolute atomic E-state index is 11.0. The Morgan fingerprint density at radius 1 is 1.33 bits per heavy atom. The van der Waals surface area contributed by atoms with Crippen molar-refractivity contribution in [3.63, 3.8) is 0 Å². The molecule has 0 radical (unpaired) electrons. The summed E-state index contributed by atoms with van der Waals surface area (Å²) < 4.78 is 1.09. The number of nitriles is 2. The highest BCUT2D eigenvalue weighted by molar-refractivity contribution is 5.61. The number of benzene rings is 1. The topological polar surface area (TPSA) is 121 Å².